The monoisotopic (exact) mass is 218 g/mol. The third-order valence-corrected chi connectivity index (χ3v) is 2.19. The van der Waals surface area contributed by atoms with Crippen molar-refractivity contribution in [2.24, 2.45) is 0 Å². The van der Waals surface area contributed by atoms with Crippen molar-refractivity contribution in [1.29, 1.82) is 0 Å². The van der Waals surface area contributed by atoms with Gasteiger partial charge in [-0.05, 0) is 13.0 Å². The standard InChI is InChI=1S/C12H14N2O2/c1-4-8-14(5-2)12(15)10-6-7-13-9-11(10)16-3/h1,6-7,9H,5,8H2,2-3H3. The summed E-state index contributed by atoms with van der Waals surface area (Å²) in [4.78, 5) is 17.5. The van der Waals surface area contributed by atoms with E-state index < -0.39 is 0 Å². The van der Waals surface area contributed by atoms with E-state index >= 15 is 0 Å². The van der Waals surface area contributed by atoms with Crippen molar-refractivity contribution < 1.29 is 9.53 Å². The fraction of sp³-hybridized carbons (Fsp3) is 0.333. The van der Waals surface area contributed by atoms with Crippen LogP contribution < -0.4 is 4.74 Å². The predicted octanol–water partition coefficient (Wildman–Crippen LogP) is 1.19. The fourth-order valence-electron chi connectivity index (χ4n) is 1.33. The van der Waals surface area contributed by atoms with Crippen molar-refractivity contribution in [3.63, 3.8) is 0 Å². The molecule has 84 valence electrons. The molecule has 0 bridgehead atoms. The summed E-state index contributed by atoms with van der Waals surface area (Å²) in [7, 11) is 1.51. The number of ether oxygens (including phenoxy) is 1. The van der Waals surface area contributed by atoms with Crippen LogP contribution >= 0.6 is 0 Å². The summed E-state index contributed by atoms with van der Waals surface area (Å²) in [5.74, 6) is 2.78. The van der Waals surface area contributed by atoms with Crippen LogP contribution in [0.2, 0.25) is 0 Å². The largest absolute Gasteiger partial charge is 0.494 e. The Kier molecular flexibility index (Phi) is 4.34. The van der Waals surface area contributed by atoms with E-state index in [1.807, 2.05) is 6.92 Å². The minimum Gasteiger partial charge on any atom is -0.494 e. The molecule has 4 heteroatoms. The van der Waals surface area contributed by atoms with E-state index in [2.05, 4.69) is 10.9 Å². The number of pyridine rings is 1. The van der Waals surface area contributed by atoms with Gasteiger partial charge in [0.1, 0.15) is 5.75 Å². The number of hydrogen-bond acceptors (Lipinski definition) is 3. The number of amides is 1. The Morgan fingerprint density at radius 1 is 1.69 bits per heavy atom. The van der Waals surface area contributed by atoms with E-state index in [1.54, 1.807) is 17.2 Å². The summed E-state index contributed by atoms with van der Waals surface area (Å²) in [5, 5.41) is 0. The van der Waals surface area contributed by atoms with Crippen LogP contribution in [0.15, 0.2) is 18.5 Å². The average Bonchev–Trinajstić information content (AvgIpc) is 2.35. The van der Waals surface area contributed by atoms with Crippen molar-refractivity contribution in [1.82, 2.24) is 9.88 Å². The molecule has 0 fully saturated rings. The molecule has 0 unspecified atom stereocenters. The van der Waals surface area contributed by atoms with Crippen LogP contribution in [0.1, 0.15) is 17.3 Å². The maximum atomic E-state index is 12.1. The highest BCUT2D eigenvalue weighted by molar-refractivity contribution is 5.96. The summed E-state index contributed by atoms with van der Waals surface area (Å²) in [6.45, 7) is 2.73. The maximum absolute atomic E-state index is 12.1. The Labute approximate surface area is 95.2 Å². The highest BCUT2D eigenvalue weighted by Gasteiger charge is 2.17. The predicted molar refractivity (Wildman–Crippen MR) is 61.2 cm³/mol. The van der Waals surface area contributed by atoms with Crippen LogP contribution in [0.3, 0.4) is 0 Å². The first-order valence-electron chi connectivity index (χ1n) is 4.95. The first kappa shape index (κ1) is 12.1. The van der Waals surface area contributed by atoms with Gasteiger partial charge in [0.05, 0.1) is 25.4 Å². The quantitative estimate of drug-likeness (QED) is 0.713. The van der Waals surface area contributed by atoms with Crippen LogP contribution in [0.5, 0.6) is 5.75 Å². The molecule has 0 atom stereocenters. The summed E-state index contributed by atoms with van der Waals surface area (Å²) < 4.78 is 5.08. The van der Waals surface area contributed by atoms with Gasteiger partial charge in [-0.25, -0.2) is 0 Å². The second-order valence-electron chi connectivity index (χ2n) is 3.10. The number of carbonyl (C=O) groups excluding carboxylic acids is 1. The molecule has 4 nitrogen and oxygen atoms in total. The first-order chi connectivity index (χ1) is 7.74. The van der Waals surface area contributed by atoms with Crippen LogP contribution in [0.4, 0.5) is 0 Å². The van der Waals surface area contributed by atoms with Gasteiger partial charge in [0.25, 0.3) is 5.91 Å². The highest BCUT2D eigenvalue weighted by Crippen LogP contribution is 2.17. The lowest BCUT2D eigenvalue weighted by atomic mass is 10.2. The molecule has 0 saturated heterocycles. The lowest BCUT2D eigenvalue weighted by molar-refractivity contribution is 0.0781. The van der Waals surface area contributed by atoms with E-state index in [1.165, 1.54) is 13.3 Å². The Balaban J connectivity index is 2.99. The summed E-state index contributed by atoms with van der Waals surface area (Å²) in [6.07, 6.45) is 8.27. The van der Waals surface area contributed by atoms with Gasteiger partial charge >= 0.3 is 0 Å². The number of terminal acetylenes is 1. The lowest BCUT2D eigenvalue weighted by Crippen LogP contribution is -2.31. The van der Waals surface area contributed by atoms with Crippen molar-refractivity contribution in [2.45, 2.75) is 6.92 Å². The van der Waals surface area contributed by atoms with Gasteiger partial charge in [0.2, 0.25) is 0 Å². The number of carbonyl (C=O) groups is 1. The molecule has 0 saturated carbocycles. The van der Waals surface area contributed by atoms with Crippen LogP contribution in [0.25, 0.3) is 0 Å². The Morgan fingerprint density at radius 3 is 3.00 bits per heavy atom. The molecule has 1 aromatic heterocycles. The topological polar surface area (TPSA) is 42.4 Å². The van der Waals surface area contributed by atoms with E-state index in [-0.39, 0.29) is 5.91 Å². The molecule has 1 rings (SSSR count). The summed E-state index contributed by atoms with van der Waals surface area (Å²) >= 11 is 0. The molecular formula is C12H14N2O2. The molecule has 0 N–H and O–H groups in total. The second-order valence-corrected chi connectivity index (χ2v) is 3.10. The Morgan fingerprint density at radius 2 is 2.44 bits per heavy atom. The Bertz CT molecular complexity index is 410. The third-order valence-electron chi connectivity index (χ3n) is 2.19. The van der Waals surface area contributed by atoms with E-state index in [4.69, 9.17) is 11.2 Å². The highest BCUT2D eigenvalue weighted by atomic mass is 16.5. The minimum absolute atomic E-state index is 0.139. The van der Waals surface area contributed by atoms with Gasteiger partial charge < -0.3 is 9.64 Å². The van der Waals surface area contributed by atoms with Gasteiger partial charge in [0.15, 0.2) is 0 Å². The summed E-state index contributed by atoms with van der Waals surface area (Å²) in [6, 6.07) is 1.63. The van der Waals surface area contributed by atoms with Gasteiger partial charge in [-0.1, -0.05) is 5.92 Å². The zero-order valence-corrected chi connectivity index (χ0v) is 9.43. The number of methoxy groups -OCH3 is 1. The van der Waals surface area contributed by atoms with Gasteiger partial charge in [-0.15, -0.1) is 6.42 Å². The van der Waals surface area contributed by atoms with Crippen molar-refractivity contribution >= 4 is 5.91 Å². The molecule has 0 aliphatic rings. The Hall–Kier alpha value is -2.02. The molecule has 0 spiro atoms. The number of hydrogen-bond donors (Lipinski definition) is 0. The first-order valence-corrected chi connectivity index (χ1v) is 4.95. The van der Waals surface area contributed by atoms with Gasteiger partial charge in [-0.3, -0.25) is 9.78 Å². The van der Waals surface area contributed by atoms with Crippen molar-refractivity contribution in [3.05, 3.63) is 24.0 Å². The molecule has 1 aromatic rings. The molecule has 1 heterocycles. The third kappa shape index (κ3) is 2.51. The van der Waals surface area contributed by atoms with Gasteiger partial charge in [0, 0.05) is 12.7 Å². The SMILES string of the molecule is C#CCN(CC)C(=O)c1ccncc1OC. The van der Waals surface area contributed by atoms with E-state index in [0.717, 1.165) is 0 Å². The zero-order valence-electron chi connectivity index (χ0n) is 9.43. The lowest BCUT2D eigenvalue weighted by Gasteiger charge is -2.18. The minimum atomic E-state index is -0.139. The van der Waals surface area contributed by atoms with Crippen LogP contribution in [-0.4, -0.2) is 36.0 Å². The summed E-state index contributed by atoms with van der Waals surface area (Å²) in [5.41, 5.74) is 0.481. The molecule has 0 aromatic carbocycles. The van der Waals surface area contributed by atoms with E-state index in [9.17, 15) is 4.79 Å². The number of aromatic nitrogens is 1. The smallest absolute Gasteiger partial charge is 0.258 e. The second kappa shape index (κ2) is 5.76. The van der Waals surface area contributed by atoms with Crippen molar-refractivity contribution in [3.8, 4) is 18.1 Å². The molecule has 0 radical (unpaired) electrons. The molecule has 0 aliphatic heterocycles. The zero-order chi connectivity index (χ0) is 12.0. The normalized spacial score (nSPS) is 9.31. The van der Waals surface area contributed by atoms with E-state index in [0.29, 0.717) is 24.4 Å². The van der Waals surface area contributed by atoms with Gasteiger partial charge in [-0.2, -0.15) is 0 Å². The molecule has 16 heavy (non-hydrogen) atoms. The number of nitrogens with zero attached hydrogens (tertiary/aromatic N) is 2. The maximum Gasteiger partial charge on any atom is 0.258 e. The number of rotatable bonds is 4. The molecular weight excluding hydrogens is 204 g/mol. The molecule has 1 amide bonds. The fourth-order valence-corrected chi connectivity index (χ4v) is 1.33. The average molecular weight is 218 g/mol. The van der Waals surface area contributed by atoms with Crippen LogP contribution in [-0.2, 0) is 0 Å². The van der Waals surface area contributed by atoms with Crippen LogP contribution in [0, 0.1) is 12.3 Å². The van der Waals surface area contributed by atoms with Crippen molar-refractivity contribution in [2.75, 3.05) is 20.2 Å². The molecule has 0 aliphatic carbocycles.